The lowest BCUT2D eigenvalue weighted by molar-refractivity contribution is 0.102. The Morgan fingerprint density at radius 1 is 1.16 bits per heavy atom. The molecule has 0 aliphatic heterocycles. The fourth-order valence-corrected chi connectivity index (χ4v) is 3.01. The fraction of sp³-hybridized carbons (Fsp3) is 0. The van der Waals surface area contributed by atoms with Crippen molar-refractivity contribution in [2.24, 2.45) is 0 Å². The van der Waals surface area contributed by atoms with Crippen molar-refractivity contribution >= 4 is 40.4 Å². The number of furan rings is 1. The third kappa shape index (κ3) is 2.97. The van der Waals surface area contributed by atoms with Crippen LogP contribution < -0.4 is 5.32 Å². The highest BCUT2D eigenvalue weighted by Gasteiger charge is 2.17. The normalized spacial score (nSPS) is 11.0. The number of benzene rings is 1. The molecule has 4 aromatic rings. The van der Waals surface area contributed by atoms with Crippen LogP contribution in [0.2, 0.25) is 10.0 Å². The molecule has 1 aromatic carbocycles. The molecule has 8 heteroatoms. The molecule has 0 aliphatic rings. The first-order chi connectivity index (χ1) is 12.1. The number of fused-ring (bicyclic) bond motifs is 1. The molecule has 0 fully saturated rings. The van der Waals surface area contributed by atoms with Gasteiger partial charge in [-0.15, -0.1) is 0 Å². The first-order valence-electron chi connectivity index (χ1n) is 7.26. The number of nitrogens with one attached hydrogen (secondary N) is 1. The topological polar surface area (TPSA) is 72.4 Å². The molecule has 0 unspecified atom stereocenters. The summed E-state index contributed by atoms with van der Waals surface area (Å²) < 4.78 is 6.96. The van der Waals surface area contributed by atoms with Crippen LogP contribution >= 0.6 is 23.2 Å². The minimum atomic E-state index is -0.363. The van der Waals surface area contributed by atoms with Crippen LogP contribution in [0.4, 0.5) is 5.69 Å². The van der Waals surface area contributed by atoms with E-state index in [4.69, 9.17) is 27.6 Å². The summed E-state index contributed by atoms with van der Waals surface area (Å²) >= 11 is 11.9. The molecule has 1 N–H and O–H groups in total. The number of nitrogens with zero attached hydrogens (tertiary/aromatic N) is 3. The molecule has 3 aromatic heterocycles. The molecule has 124 valence electrons. The third-order valence-corrected chi connectivity index (χ3v) is 3.98. The molecule has 0 radical (unpaired) electrons. The van der Waals surface area contributed by atoms with Crippen molar-refractivity contribution in [2.75, 3.05) is 5.32 Å². The summed E-state index contributed by atoms with van der Waals surface area (Å²) in [6, 6.07) is 10.2. The number of amides is 1. The van der Waals surface area contributed by atoms with E-state index in [9.17, 15) is 4.79 Å². The van der Waals surface area contributed by atoms with E-state index < -0.39 is 0 Å². The quantitative estimate of drug-likeness (QED) is 0.572. The van der Waals surface area contributed by atoms with Crippen LogP contribution in [-0.4, -0.2) is 20.5 Å². The number of carbonyl (C=O) groups is 1. The van der Waals surface area contributed by atoms with E-state index >= 15 is 0 Å². The molecule has 0 aliphatic carbocycles. The Balaban J connectivity index is 1.72. The van der Waals surface area contributed by atoms with Gasteiger partial charge in [0.1, 0.15) is 11.3 Å². The van der Waals surface area contributed by atoms with Gasteiger partial charge in [-0.3, -0.25) is 4.79 Å². The number of aromatic nitrogens is 3. The van der Waals surface area contributed by atoms with E-state index in [1.54, 1.807) is 47.3 Å². The Hall–Kier alpha value is -2.83. The Morgan fingerprint density at radius 2 is 1.96 bits per heavy atom. The first kappa shape index (κ1) is 15.7. The summed E-state index contributed by atoms with van der Waals surface area (Å²) in [5.74, 6) is 0.265. The zero-order valence-electron chi connectivity index (χ0n) is 12.6. The van der Waals surface area contributed by atoms with Crippen molar-refractivity contribution in [1.29, 1.82) is 0 Å². The molecule has 0 saturated carbocycles. The van der Waals surface area contributed by atoms with Crippen molar-refractivity contribution in [3.63, 3.8) is 0 Å². The number of rotatable bonds is 3. The predicted octanol–water partition coefficient (Wildman–Crippen LogP) is 4.55. The predicted molar refractivity (Wildman–Crippen MR) is 95.1 cm³/mol. The molecule has 3 heterocycles. The average molecular weight is 373 g/mol. The lowest BCUT2D eigenvalue weighted by Crippen LogP contribution is -2.12. The van der Waals surface area contributed by atoms with Gasteiger partial charge in [-0.2, -0.15) is 5.10 Å². The van der Waals surface area contributed by atoms with E-state index in [0.29, 0.717) is 38.4 Å². The third-order valence-electron chi connectivity index (χ3n) is 3.54. The maximum absolute atomic E-state index is 12.6. The molecule has 6 nitrogen and oxygen atoms in total. The minimum absolute atomic E-state index is 0.324. The van der Waals surface area contributed by atoms with E-state index in [-0.39, 0.29) is 5.91 Å². The van der Waals surface area contributed by atoms with Crippen LogP contribution in [-0.2, 0) is 0 Å². The Morgan fingerprint density at radius 3 is 2.68 bits per heavy atom. The maximum Gasteiger partial charge on any atom is 0.261 e. The van der Waals surface area contributed by atoms with Crippen LogP contribution in [0.25, 0.3) is 17.1 Å². The summed E-state index contributed by atoms with van der Waals surface area (Å²) in [7, 11) is 0. The molecule has 0 bridgehead atoms. The molecule has 0 spiro atoms. The Kier molecular flexibility index (Phi) is 3.91. The number of hydrogen-bond donors (Lipinski definition) is 1. The summed E-state index contributed by atoms with van der Waals surface area (Å²) in [6.07, 6.45) is 4.62. The summed E-state index contributed by atoms with van der Waals surface area (Å²) in [5.41, 5.74) is 1.92. The van der Waals surface area contributed by atoms with Crippen molar-refractivity contribution in [1.82, 2.24) is 14.6 Å². The van der Waals surface area contributed by atoms with Crippen LogP contribution in [0.1, 0.15) is 10.4 Å². The lowest BCUT2D eigenvalue weighted by Gasteiger charge is -2.06. The zero-order chi connectivity index (χ0) is 17.4. The van der Waals surface area contributed by atoms with E-state index in [2.05, 4.69) is 15.4 Å². The van der Waals surface area contributed by atoms with Crippen molar-refractivity contribution in [2.45, 2.75) is 0 Å². The van der Waals surface area contributed by atoms with Gasteiger partial charge >= 0.3 is 0 Å². The molecule has 1 amide bonds. The molecule has 4 rings (SSSR count). The van der Waals surface area contributed by atoms with E-state index in [0.717, 1.165) is 0 Å². The summed E-state index contributed by atoms with van der Waals surface area (Å²) in [5, 5.41) is 7.86. The first-order valence-corrected chi connectivity index (χ1v) is 8.01. The van der Waals surface area contributed by atoms with Gasteiger partial charge < -0.3 is 9.73 Å². The smallest absolute Gasteiger partial charge is 0.261 e. The standard InChI is InChI=1S/C17H10Cl2N4O2/c18-10-6-11(19)8-12(7-10)22-17(24)13-9-21-23-14(3-4-20-16(13)23)15-2-1-5-25-15/h1-9H,(H,22,24). The van der Waals surface area contributed by atoms with Gasteiger partial charge in [0.15, 0.2) is 11.4 Å². The molecule has 25 heavy (non-hydrogen) atoms. The minimum Gasteiger partial charge on any atom is -0.463 e. The highest BCUT2D eigenvalue weighted by molar-refractivity contribution is 6.35. The summed E-state index contributed by atoms with van der Waals surface area (Å²) in [4.78, 5) is 16.9. The SMILES string of the molecule is O=C(Nc1cc(Cl)cc(Cl)c1)c1cnn2c(-c3ccco3)ccnc12. The molecular weight excluding hydrogens is 363 g/mol. The summed E-state index contributed by atoms with van der Waals surface area (Å²) in [6.45, 7) is 0. The van der Waals surface area contributed by atoms with Gasteiger partial charge in [-0.1, -0.05) is 23.2 Å². The second-order valence-corrected chi connectivity index (χ2v) is 6.09. The Bertz CT molecular complexity index is 1050. The van der Waals surface area contributed by atoms with Crippen molar-refractivity contribution < 1.29 is 9.21 Å². The largest absolute Gasteiger partial charge is 0.463 e. The van der Waals surface area contributed by atoms with Crippen molar-refractivity contribution in [3.05, 3.63) is 70.7 Å². The Labute approximate surface area is 152 Å². The number of halogens is 2. The maximum atomic E-state index is 12.6. The van der Waals surface area contributed by atoms with Gasteiger partial charge in [-0.05, 0) is 36.4 Å². The van der Waals surface area contributed by atoms with Gasteiger partial charge in [0.05, 0.1) is 12.5 Å². The van der Waals surface area contributed by atoms with Gasteiger partial charge in [-0.25, -0.2) is 9.50 Å². The monoisotopic (exact) mass is 372 g/mol. The van der Waals surface area contributed by atoms with Gasteiger partial charge in [0, 0.05) is 21.9 Å². The van der Waals surface area contributed by atoms with E-state index in [1.165, 1.54) is 6.20 Å². The van der Waals surface area contributed by atoms with Crippen LogP contribution in [0.3, 0.4) is 0 Å². The fourth-order valence-electron chi connectivity index (χ4n) is 2.49. The number of anilines is 1. The van der Waals surface area contributed by atoms with Crippen molar-refractivity contribution in [3.8, 4) is 11.5 Å². The number of hydrogen-bond acceptors (Lipinski definition) is 4. The van der Waals surface area contributed by atoms with Crippen LogP contribution in [0.15, 0.2) is 59.5 Å². The zero-order valence-corrected chi connectivity index (χ0v) is 14.1. The second-order valence-electron chi connectivity index (χ2n) is 5.21. The molecule has 0 atom stereocenters. The second kappa shape index (κ2) is 6.23. The molecular formula is C17H10Cl2N4O2. The van der Waals surface area contributed by atoms with E-state index in [1.807, 2.05) is 6.07 Å². The van der Waals surface area contributed by atoms with Crippen LogP contribution in [0.5, 0.6) is 0 Å². The molecule has 0 saturated heterocycles. The van der Waals surface area contributed by atoms with Crippen LogP contribution in [0, 0.1) is 0 Å². The lowest BCUT2D eigenvalue weighted by atomic mass is 10.2. The average Bonchev–Trinajstić information content (AvgIpc) is 3.23. The highest BCUT2D eigenvalue weighted by Crippen LogP contribution is 2.24. The number of carbonyl (C=O) groups excluding carboxylic acids is 1. The highest BCUT2D eigenvalue weighted by atomic mass is 35.5. The van der Waals surface area contributed by atoms with Gasteiger partial charge in [0.2, 0.25) is 0 Å². The van der Waals surface area contributed by atoms with Gasteiger partial charge in [0.25, 0.3) is 5.91 Å².